The number of nitrogens with zero attached hydrogens (tertiary/aromatic N) is 4. The van der Waals surface area contributed by atoms with Crippen LogP contribution < -0.4 is 0 Å². The molecule has 0 spiro atoms. The molecule has 0 unspecified atom stereocenters. The van der Waals surface area contributed by atoms with E-state index < -0.39 is 0 Å². The number of fused-ring (bicyclic) bond motifs is 5. The van der Waals surface area contributed by atoms with Crippen molar-refractivity contribution in [3.05, 3.63) is 17.5 Å². The van der Waals surface area contributed by atoms with E-state index in [9.17, 15) is 0 Å². The van der Waals surface area contributed by atoms with Gasteiger partial charge in [-0.05, 0) is 87.4 Å². The van der Waals surface area contributed by atoms with Gasteiger partial charge in [-0.1, -0.05) is 26.7 Å². The lowest BCUT2D eigenvalue weighted by Crippen LogP contribution is -2.52. The van der Waals surface area contributed by atoms with E-state index in [0.29, 0.717) is 5.41 Å². The van der Waals surface area contributed by atoms with Crippen molar-refractivity contribution in [2.75, 3.05) is 0 Å². The lowest BCUT2D eigenvalue weighted by atomic mass is 9.45. The van der Waals surface area contributed by atoms with E-state index in [1.807, 2.05) is 31.1 Å². The molecule has 29 heavy (non-hydrogen) atoms. The minimum Gasteiger partial charge on any atom is -0.275 e. The van der Waals surface area contributed by atoms with Crippen molar-refractivity contribution in [2.45, 2.75) is 85.0 Å². The number of rotatable bonds is 2. The van der Waals surface area contributed by atoms with Gasteiger partial charge in [-0.25, -0.2) is 0 Å². The van der Waals surface area contributed by atoms with Crippen LogP contribution >= 0.6 is 0 Å². The van der Waals surface area contributed by atoms with Crippen molar-refractivity contribution in [1.29, 1.82) is 0 Å². The van der Waals surface area contributed by atoms with E-state index in [1.54, 1.807) is 0 Å². The third-order valence-electron chi connectivity index (χ3n) is 9.75. The second kappa shape index (κ2) is 7.06. The SMILES string of the molecule is Cc1nn(C)cc1/C=N\N=C1\CC[C@H]2[C@@H]3CC[C@H]4CCCC[C@]4(C)[C@H]3CC[C@]12C. The zero-order valence-electron chi connectivity index (χ0n) is 18.8. The molecule has 0 saturated heterocycles. The summed E-state index contributed by atoms with van der Waals surface area (Å²) in [4.78, 5) is 0. The summed E-state index contributed by atoms with van der Waals surface area (Å²) in [6, 6.07) is 0. The van der Waals surface area contributed by atoms with E-state index in [0.717, 1.165) is 41.3 Å². The predicted octanol–water partition coefficient (Wildman–Crippen LogP) is 5.94. The number of aryl methyl sites for hydroxylation is 2. The Bertz CT molecular complexity index is 836. The molecule has 4 saturated carbocycles. The van der Waals surface area contributed by atoms with Gasteiger partial charge in [0.1, 0.15) is 0 Å². The van der Waals surface area contributed by atoms with Crippen LogP contribution in [0.4, 0.5) is 0 Å². The molecule has 1 aromatic rings. The molecule has 4 fully saturated rings. The molecule has 1 heterocycles. The Morgan fingerprint density at radius 3 is 2.72 bits per heavy atom. The Labute approximate surface area is 176 Å². The molecule has 158 valence electrons. The standard InChI is InChI=1S/C25H38N4/c1-17-18(16-29(4)28-17)15-26-27-23-11-10-21-20-9-8-19-7-5-6-13-24(19,2)22(20)12-14-25(21,23)3/h15-16,19-22H,5-14H2,1-4H3/b26-15-,27-23-/t19-,20+,21+,22+,24+,25+/m1/s1. The zero-order valence-corrected chi connectivity index (χ0v) is 18.8. The molecule has 1 aromatic heterocycles. The number of hydrogen-bond acceptors (Lipinski definition) is 3. The highest BCUT2D eigenvalue weighted by Gasteiger charge is 2.58. The second-order valence-corrected chi connectivity index (χ2v) is 11.0. The minimum absolute atomic E-state index is 0.278. The average molecular weight is 395 g/mol. The van der Waals surface area contributed by atoms with Gasteiger partial charge >= 0.3 is 0 Å². The monoisotopic (exact) mass is 394 g/mol. The van der Waals surface area contributed by atoms with Crippen LogP contribution in [-0.4, -0.2) is 21.7 Å². The van der Waals surface area contributed by atoms with Gasteiger partial charge < -0.3 is 0 Å². The fraction of sp³-hybridized carbons (Fsp3) is 0.800. The molecule has 0 aliphatic heterocycles. The molecular weight excluding hydrogens is 356 g/mol. The quantitative estimate of drug-likeness (QED) is 0.452. The van der Waals surface area contributed by atoms with E-state index in [1.165, 1.54) is 63.5 Å². The van der Waals surface area contributed by atoms with E-state index >= 15 is 0 Å². The second-order valence-electron chi connectivity index (χ2n) is 11.0. The molecule has 4 aliphatic rings. The van der Waals surface area contributed by atoms with Gasteiger partial charge in [0.15, 0.2) is 0 Å². The normalized spacial score (nSPS) is 43.4. The summed E-state index contributed by atoms with van der Waals surface area (Å²) < 4.78 is 1.85. The maximum atomic E-state index is 4.81. The predicted molar refractivity (Wildman–Crippen MR) is 119 cm³/mol. The van der Waals surface area contributed by atoms with Gasteiger partial charge in [-0.2, -0.15) is 15.3 Å². The Balaban J connectivity index is 1.37. The molecule has 6 atom stereocenters. The molecule has 0 radical (unpaired) electrons. The van der Waals surface area contributed by atoms with Gasteiger partial charge in [-0.3, -0.25) is 4.68 Å². The lowest BCUT2D eigenvalue weighted by Gasteiger charge is -2.59. The highest BCUT2D eigenvalue weighted by molar-refractivity contribution is 5.93. The van der Waals surface area contributed by atoms with Crippen molar-refractivity contribution in [2.24, 2.45) is 51.8 Å². The number of aromatic nitrogens is 2. The van der Waals surface area contributed by atoms with Crippen molar-refractivity contribution in [3.63, 3.8) is 0 Å². The van der Waals surface area contributed by atoms with Crippen molar-refractivity contribution in [3.8, 4) is 0 Å². The topological polar surface area (TPSA) is 42.5 Å². The van der Waals surface area contributed by atoms with E-state index in [-0.39, 0.29) is 5.41 Å². The first-order valence-corrected chi connectivity index (χ1v) is 12.0. The molecule has 4 heteroatoms. The van der Waals surface area contributed by atoms with Crippen LogP contribution in [-0.2, 0) is 7.05 Å². The molecule has 5 rings (SSSR count). The van der Waals surface area contributed by atoms with Crippen LogP contribution in [0.2, 0.25) is 0 Å². The highest BCUT2D eigenvalue weighted by Crippen LogP contribution is 2.65. The van der Waals surface area contributed by atoms with Crippen LogP contribution in [0.25, 0.3) is 0 Å². The van der Waals surface area contributed by atoms with E-state index in [4.69, 9.17) is 5.10 Å². The summed E-state index contributed by atoms with van der Waals surface area (Å²) in [5.41, 5.74) is 4.36. The Hall–Kier alpha value is -1.45. The summed E-state index contributed by atoms with van der Waals surface area (Å²) in [7, 11) is 1.96. The fourth-order valence-corrected chi connectivity index (χ4v) is 8.15. The van der Waals surface area contributed by atoms with Crippen LogP contribution in [0, 0.1) is 41.4 Å². The Kier molecular flexibility index (Phi) is 4.75. The number of hydrogen-bond donors (Lipinski definition) is 0. The largest absolute Gasteiger partial charge is 0.275 e. The van der Waals surface area contributed by atoms with Crippen molar-refractivity contribution < 1.29 is 0 Å². The molecular formula is C25H38N4. The van der Waals surface area contributed by atoms with Crippen LogP contribution in [0.5, 0.6) is 0 Å². The lowest BCUT2D eigenvalue weighted by molar-refractivity contribution is -0.0936. The smallest absolute Gasteiger partial charge is 0.0682 e. The minimum atomic E-state index is 0.278. The maximum Gasteiger partial charge on any atom is 0.0682 e. The van der Waals surface area contributed by atoms with Gasteiger partial charge in [-0.15, -0.1) is 0 Å². The molecule has 0 bridgehead atoms. The van der Waals surface area contributed by atoms with Crippen LogP contribution in [0.15, 0.2) is 16.4 Å². The van der Waals surface area contributed by atoms with Gasteiger partial charge in [0.25, 0.3) is 0 Å². The summed E-state index contributed by atoms with van der Waals surface area (Å²) >= 11 is 0. The highest BCUT2D eigenvalue weighted by atomic mass is 15.3. The molecule has 0 amide bonds. The first-order valence-electron chi connectivity index (χ1n) is 12.0. The van der Waals surface area contributed by atoms with Crippen molar-refractivity contribution >= 4 is 11.9 Å². The molecule has 0 aromatic carbocycles. The summed E-state index contributed by atoms with van der Waals surface area (Å²) in [6.07, 6.45) is 18.0. The zero-order chi connectivity index (χ0) is 20.2. The first-order chi connectivity index (χ1) is 13.9. The van der Waals surface area contributed by atoms with Gasteiger partial charge in [0, 0.05) is 29.9 Å². The Morgan fingerprint density at radius 2 is 1.93 bits per heavy atom. The Morgan fingerprint density at radius 1 is 1.07 bits per heavy atom. The van der Waals surface area contributed by atoms with E-state index in [2.05, 4.69) is 24.0 Å². The maximum absolute atomic E-state index is 4.81. The van der Waals surface area contributed by atoms with Crippen LogP contribution in [0.1, 0.15) is 89.3 Å². The average Bonchev–Trinajstić information content (AvgIpc) is 3.19. The summed E-state index contributed by atoms with van der Waals surface area (Å²) in [6.45, 7) is 7.21. The van der Waals surface area contributed by atoms with Crippen molar-refractivity contribution in [1.82, 2.24) is 9.78 Å². The molecule has 4 aliphatic carbocycles. The first kappa shape index (κ1) is 19.5. The molecule has 4 nitrogen and oxygen atoms in total. The third-order valence-corrected chi connectivity index (χ3v) is 9.75. The van der Waals surface area contributed by atoms with Gasteiger partial charge in [0.2, 0.25) is 0 Å². The summed E-state index contributed by atoms with van der Waals surface area (Å²) in [5.74, 6) is 3.71. The summed E-state index contributed by atoms with van der Waals surface area (Å²) in [5, 5.41) is 13.7. The van der Waals surface area contributed by atoms with Gasteiger partial charge in [0.05, 0.1) is 11.9 Å². The fourth-order valence-electron chi connectivity index (χ4n) is 8.15. The van der Waals surface area contributed by atoms with Crippen LogP contribution in [0.3, 0.4) is 0 Å². The third kappa shape index (κ3) is 3.04. The molecule has 0 N–H and O–H groups in total.